The average molecular weight is 279 g/mol. The predicted molar refractivity (Wildman–Crippen MR) is 77.3 cm³/mol. The lowest BCUT2D eigenvalue weighted by atomic mass is 9.84. The molecule has 1 heterocycles. The Hall–Kier alpha value is -1.36. The average Bonchev–Trinajstić information content (AvgIpc) is 3.03. The number of hydrogen-bond donors (Lipinski definition) is 1. The van der Waals surface area contributed by atoms with Gasteiger partial charge in [-0.2, -0.15) is 5.10 Å². The lowest BCUT2D eigenvalue weighted by molar-refractivity contribution is -0.153. The van der Waals surface area contributed by atoms with Crippen LogP contribution >= 0.6 is 0 Å². The topological polar surface area (TPSA) is 56.1 Å². The van der Waals surface area contributed by atoms with Crippen LogP contribution in [0.15, 0.2) is 12.4 Å². The molecule has 1 fully saturated rings. The van der Waals surface area contributed by atoms with Crippen molar-refractivity contribution in [2.75, 3.05) is 13.7 Å². The predicted octanol–water partition coefficient (Wildman–Crippen LogP) is 1.90. The van der Waals surface area contributed by atoms with Crippen molar-refractivity contribution in [2.24, 2.45) is 5.92 Å². The third kappa shape index (κ3) is 2.87. The molecular formula is C15H25N3O2. The number of carbonyl (C=O) groups is 1. The van der Waals surface area contributed by atoms with Gasteiger partial charge in [-0.3, -0.25) is 9.48 Å². The molecule has 5 nitrogen and oxygen atoms in total. The lowest BCUT2D eigenvalue weighted by Crippen LogP contribution is -2.54. The second-order valence-electron chi connectivity index (χ2n) is 5.60. The van der Waals surface area contributed by atoms with E-state index in [1.807, 2.05) is 38.0 Å². The second kappa shape index (κ2) is 6.39. The Bertz CT molecular complexity index is 458. The molecule has 0 bridgehead atoms. The van der Waals surface area contributed by atoms with E-state index < -0.39 is 5.54 Å². The fraction of sp³-hybridized carbons (Fsp3) is 0.733. The van der Waals surface area contributed by atoms with Crippen LogP contribution in [0.5, 0.6) is 0 Å². The third-order valence-corrected chi connectivity index (χ3v) is 4.38. The highest BCUT2D eigenvalue weighted by Gasteiger charge is 2.48. The van der Waals surface area contributed by atoms with Gasteiger partial charge >= 0.3 is 5.97 Å². The van der Waals surface area contributed by atoms with Crippen molar-refractivity contribution >= 4 is 5.97 Å². The largest absolute Gasteiger partial charge is 0.465 e. The monoisotopic (exact) mass is 279 g/mol. The molecule has 20 heavy (non-hydrogen) atoms. The van der Waals surface area contributed by atoms with Crippen molar-refractivity contribution in [1.29, 1.82) is 0 Å². The molecule has 0 amide bonds. The van der Waals surface area contributed by atoms with Crippen LogP contribution < -0.4 is 5.32 Å². The van der Waals surface area contributed by atoms with Gasteiger partial charge in [-0.15, -0.1) is 0 Å². The van der Waals surface area contributed by atoms with Crippen LogP contribution in [0.1, 0.15) is 38.2 Å². The molecule has 2 atom stereocenters. The van der Waals surface area contributed by atoms with Gasteiger partial charge in [0.15, 0.2) is 0 Å². The number of nitrogens with one attached hydrogen (secondary N) is 1. The van der Waals surface area contributed by atoms with Crippen molar-refractivity contribution in [3.8, 4) is 0 Å². The summed E-state index contributed by atoms with van der Waals surface area (Å²) in [5.74, 6) is 0.220. The number of rotatable bonds is 6. The van der Waals surface area contributed by atoms with Crippen molar-refractivity contribution in [1.82, 2.24) is 15.1 Å². The minimum Gasteiger partial charge on any atom is -0.465 e. The van der Waals surface area contributed by atoms with Crippen molar-refractivity contribution in [3.05, 3.63) is 18.0 Å². The molecule has 0 aliphatic heterocycles. The van der Waals surface area contributed by atoms with E-state index in [-0.39, 0.29) is 5.97 Å². The highest BCUT2D eigenvalue weighted by Crippen LogP contribution is 2.39. The highest BCUT2D eigenvalue weighted by molar-refractivity contribution is 5.81. The van der Waals surface area contributed by atoms with Crippen molar-refractivity contribution in [3.63, 3.8) is 0 Å². The first-order valence-corrected chi connectivity index (χ1v) is 7.47. The van der Waals surface area contributed by atoms with Gasteiger partial charge in [-0.25, -0.2) is 0 Å². The molecule has 1 aliphatic carbocycles. The first-order valence-electron chi connectivity index (χ1n) is 7.47. The Morgan fingerprint density at radius 2 is 2.45 bits per heavy atom. The van der Waals surface area contributed by atoms with Crippen molar-refractivity contribution < 1.29 is 9.53 Å². The molecule has 1 aromatic heterocycles. The summed E-state index contributed by atoms with van der Waals surface area (Å²) in [5.41, 5.74) is 0.666. The SMILES string of the molecule is CCOC(=O)C1(NC)CCCC1CCn1cc(C)cn1. The molecule has 2 rings (SSSR count). The molecule has 1 aromatic rings. The molecule has 5 heteroatoms. The van der Waals surface area contributed by atoms with Crippen LogP contribution in [0.25, 0.3) is 0 Å². The number of hydrogen-bond acceptors (Lipinski definition) is 4. The van der Waals surface area contributed by atoms with Crippen LogP contribution in [0, 0.1) is 12.8 Å². The van der Waals surface area contributed by atoms with Crippen LogP contribution in [0.3, 0.4) is 0 Å². The van der Waals surface area contributed by atoms with Crippen LogP contribution in [0.4, 0.5) is 0 Å². The quantitative estimate of drug-likeness (QED) is 0.808. The van der Waals surface area contributed by atoms with E-state index in [1.54, 1.807) is 0 Å². The van der Waals surface area contributed by atoms with Crippen LogP contribution in [-0.4, -0.2) is 34.9 Å². The molecule has 0 aromatic carbocycles. The summed E-state index contributed by atoms with van der Waals surface area (Å²) in [5, 5.41) is 7.56. The molecule has 112 valence electrons. The maximum atomic E-state index is 12.3. The van der Waals surface area contributed by atoms with Gasteiger partial charge in [0.25, 0.3) is 0 Å². The van der Waals surface area contributed by atoms with E-state index in [0.29, 0.717) is 12.5 Å². The number of aromatic nitrogens is 2. The van der Waals surface area contributed by atoms with Gasteiger partial charge in [0, 0.05) is 12.7 Å². The molecule has 1 aliphatic rings. The van der Waals surface area contributed by atoms with Gasteiger partial charge < -0.3 is 10.1 Å². The fourth-order valence-electron chi connectivity index (χ4n) is 3.31. The van der Waals surface area contributed by atoms with Gasteiger partial charge in [0.05, 0.1) is 12.8 Å². The number of esters is 1. The molecular weight excluding hydrogens is 254 g/mol. The summed E-state index contributed by atoms with van der Waals surface area (Å²) >= 11 is 0. The Morgan fingerprint density at radius 1 is 1.65 bits per heavy atom. The molecule has 0 saturated heterocycles. The maximum absolute atomic E-state index is 12.3. The summed E-state index contributed by atoms with van der Waals surface area (Å²) in [6.07, 6.45) is 7.86. The van der Waals surface area contributed by atoms with Gasteiger partial charge in [0.2, 0.25) is 0 Å². The smallest absolute Gasteiger partial charge is 0.326 e. The third-order valence-electron chi connectivity index (χ3n) is 4.38. The molecule has 2 unspecified atom stereocenters. The molecule has 0 spiro atoms. The number of nitrogens with zero attached hydrogens (tertiary/aromatic N) is 2. The Kier molecular flexibility index (Phi) is 4.81. The van der Waals surface area contributed by atoms with Gasteiger partial charge in [-0.1, -0.05) is 6.42 Å². The standard InChI is InChI=1S/C15H25N3O2/c1-4-20-14(19)15(16-3)8-5-6-13(15)7-9-18-11-12(2)10-17-18/h10-11,13,16H,4-9H2,1-3H3. The summed E-state index contributed by atoms with van der Waals surface area (Å²) in [6.45, 7) is 5.18. The highest BCUT2D eigenvalue weighted by atomic mass is 16.5. The first kappa shape index (κ1) is 15.0. The summed E-state index contributed by atoms with van der Waals surface area (Å²) in [4.78, 5) is 12.3. The zero-order valence-corrected chi connectivity index (χ0v) is 12.7. The summed E-state index contributed by atoms with van der Waals surface area (Å²) in [7, 11) is 1.87. The number of aryl methyl sites for hydroxylation is 2. The first-order chi connectivity index (χ1) is 9.62. The normalized spacial score (nSPS) is 25.9. The zero-order valence-electron chi connectivity index (χ0n) is 12.7. The minimum absolute atomic E-state index is 0.0957. The summed E-state index contributed by atoms with van der Waals surface area (Å²) in [6, 6.07) is 0. The molecule has 1 N–H and O–H groups in total. The molecule has 0 radical (unpaired) electrons. The second-order valence-corrected chi connectivity index (χ2v) is 5.60. The van der Waals surface area contributed by atoms with E-state index in [9.17, 15) is 4.79 Å². The maximum Gasteiger partial charge on any atom is 0.326 e. The van der Waals surface area contributed by atoms with Crippen molar-refractivity contribution in [2.45, 2.75) is 51.6 Å². The Labute approximate surface area is 120 Å². The number of carbonyl (C=O) groups excluding carboxylic acids is 1. The Morgan fingerprint density at radius 3 is 3.05 bits per heavy atom. The number of likely N-dealkylation sites (N-methyl/N-ethyl adjacent to an activating group) is 1. The van der Waals surface area contributed by atoms with Crippen LogP contribution in [-0.2, 0) is 16.1 Å². The van der Waals surface area contributed by atoms with E-state index in [0.717, 1.165) is 32.2 Å². The van der Waals surface area contributed by atoms with E-state index in [2.05, 4.69) is 10.4 Å². The van der Waals surface area contributed by atoms with Crippen LogP contribution in [0.2, 0.25) is 0 Å². The van der Waals surface area contributed by atoms with E-state index in [1.165, 1.54) is 5.56 Å². The Balaban J connectivity index is 2.03. The number of ether oxygens (including phenoxy) is 1. The van der Waals surface area contributed by atoms with Gasteiger partial charge in [0.1, 0.15) is 5.54 Å². The lowest BCUT2D eigenvalue weighted by Gasteiger charge is -2.32. The van der Waals surface area contributed by atoms with E-state index >= 15 is 0 Å². The van der Waals surface area contributed by atoms with E-state index in [4.69, 9.17) is 4.74 Å². The minimum atomic E-state index is -0.502. The molecule has 1 saturated carbocycles. The zero-order chi connectivity index (χ0) is 14.6. The fourth-order valence-corrected chi connectivity index (χ4v) is 3.31. The van der Waals surface area contributed by atoms with Gasteiger partial charge in [-0.05, 0) is 51.6 Å². The summed E-state index contributed by atoms with van der Waals surface area (Å²) < 4.78 is 7.24.